The van der Waals surface area contributed by atoms with Gasteiger partial charge in [-0.1, -0.05) is 103 Å². The molecule has 63 heavy (non-hydrogen) atoms. The number of ether oxygens (including phenoxy) is 1. The van der Waals surface area contributed by atoms with E-state index in [0.29, 0.717) is 0 Å². The molecule has 0 amide bonds. The van der Waals surface area contributed by atoms with Gasteiger partial charge >= 0.3 is 5.97 Å². The van der Waals surface area contributed by atoms with Crippen LogP contribution in [0, 0.1) is 6.57 Å². The maximum atomic E-state index is 11.9. The van der Waals surface area contributed by atoms with E-state index in [1.165, 1.54) is 144 Å². The first-order valence-electron chi connectivity index (χ1n) is 23.2. The lowest BCUT2D eigenvalue weighted by Gasteiger charge is -2.06. The largest absolute Gasteiger partial charge is 0.497 e. The van der Waals surface area contributed by atoms with Gasteiger partial charge in [0.15, 0.2) is 0 Å². The maximum Gasteiger partial charge on any atom is 0.333 e. The fourth-order valence-corrected chi connectivity index (χ4v) is 12.7. The molecule has 0 fully saturated rings. The number of carboxylic acid groups (broad SMARTS) is 1. The lowest BCUT2D eigenvalue weighted by atomic mass is 10.00. The van der Waals surface area contributed by atoms with Crippen LogP contribution in [0.25, 0.3) is 73.8 Å². The van der Waals surface area contributed by atoms with E-state index in [-0.39, 0.29) is 5.70 Å². The van der Waals surface area contributed by atoms with E-state index in [2.05, 4.69) is 104 Å². The van der Waals surface area contributed by atoms with Crippen molar-refractivity contribution in [2.24, 2.45) is 0 Å². The highest BCUT2D eigenvalue weighted by Crippen LogP contribution is 2.49. The lowest BCUT2D eigenvalue weighted by Crippen LogP contribution is -1.94. The second-order valence-electron chi connectivity index (χ2n) is 16.7. The molecule has 0 aliphatic rings. The van der Waals surface area contributed by atoms with Gasteiger partial charge in [-0.3, -0.25) is 4.79 Å². The van der Waals surface area contributed by atoms with Crippen molar-refractivity contribution in [2.75, 3.05) is 7.11 Å². The third-order valence-corrected chi connectivity index (χ3v) is 16.2. The first-order chi connectivity index (χ1) is 30.8. The molecule has 4 heterocycles. The molecule has 0 aliphatic heterocycles. The molecule has 4 aromatic heterocycles. The van der Waals surface area contributed by atoms with Crippen LogP contribution in [0.3, 0.4) is 0 Å². The molecule has 0 atom stereocenters. The Balaban J connectivity index is 1.34. The Bertz CT molecular complexity index is 2720. The van der Waals surface area contributed by atoms with E-state index in [1.807, 2.05) is 34.8 Å². The summed E-state index contributed by atoms with van der Waals surface area (Å²) in [6.45, 7) is 17.4. The van der Waals surface area contributed by atoms with Crippen molar-refractivity contribution in [3.63, 3.8) is 0 Å². The molecule has 1 N–H and O–H groups in total. The van der Waals surface area contributed by atoms with Crippen LogP contribution in [0.5, 0.6) is 5.75 Å². The minimum absolute atomic E-state index is 0.239. The number of nitrogens with zero attached hydrogens (tertiary/aromatic N) is 2. The van der Waals surface area contributed by atoms with Crippen molar-refractivity contribution >= 4 is 67.9 Å². The van der Waals surface area contributed by atoms with Gasteiger partial charge in [-0.25, -0.2) is 4.85 Å². The Kier molecular flexibility index (Phi) is 16.2. The molecule has 7 aromatic rings. The standard InChI is InChI=1S/C55H62N2O3S3/c1-7-11-14-17-20-39-31-44(36-47(56-5)55(58)59)61-53(39)50-35-41(22-19-16-13-9-3)54(63-50)51-34-40(21-18-15-12-8-2)52(62-51)42-26-30-49-46(33-42)45-32-38(25-29-48(45)57(49)10-4)37-23-27-43(60-6)28-24-37/h23-36H,7-22H2,1-4,6H3,(H,58,59)/b47-36-. The Hall–Kier alpha value is -4.94. The molecule has 0 saturated carbocycles. The number of methoxy groups -OCH3 is 1. The molecule has 8 heteroatoms. The zero-order valence-electron chi connectivity index (χ0n) is 37.8. The number of benzene rings is 3. The van der Waals surface area contributed by atoms with Crippen molar-refractivity contribution in [2.45, 2.75) is 131 Å². The second kappa shape index (κ2) is 22.1. The molecule has 0 bridgehead atoms. The topological polar surface area (TPSA) is 55.8 Å². The van der Waals surface area contributed by atoms with E-state index in [1.54, 1.807) is 24.5 Å². The first kappa shape index (κ1) is 46.1. The number of fused-ring (bicyclic) bond motifs is 3. The van der Waals surface area contributed by atoms with Crippen LogP contribution in [-0.4, -0.2) is 22.8 Å². The Morgan fingerprint density at radius 1 is 0.619 bits per heavy atom. The maximum absolute atomic E-state index is 11.9. The molecular formula is C55H62N2O3S3. The van der Waals surface area contributed by atoms with E-state index in [9.17, 15) is 9.90 Å². The van der Waals surface area contributed by atoms with Gasteiger partial charge < -0.3 is 14.4 Å². The van der Waals surface area contributed by atoms with Crippen molar-refractivity contribution in [3.8, 4) is 46.8 Å². The van der Waals surface area contributed by atoms with Crippen LogP contribution >= 0.6 is 34.0 Å². The van der Waals surface area contributed by atoms with Crippen LogP contribution in [0.2, 0.25) is 0 Å². The summed E-state index contributed by atoms with van der Waals surface area (Å²) in [5, 5.41) is 12.3. The summed E-state index contributed by atoms with van der Waals surface area (Å²) in [5.74, 6) is -0.315. The van der Waals surface area contributed by atoms with Crippen LogP contribution in [0.4, 0.5) is 0 Å². The molecule has 0 spiro atoms. The van der Waals surface area contributed by atoms with E-state index in [4.69, 9.17) is 11.3 Å². The summed E-state index contributed by atoms with van der Waals surface area (Å²) in [4.78, 5) is 22.6. The highest BCUT2D eigenvalue weighted by Gasteiger charge is 2.22. The number of hydrogen-bond acceptors (Lipinski definition) is 5. The number of aromatic nitrogens is 1. The van der Waals surface area contributed by atoms with E-state index >= 15 is 0 Å². The van der Waals surface area contributed by atoms with Gasteiger partial charge in [-0.15, -0.1) is 34.0 Å². The average molecular weight is 895 g/mol. The summed E-state index contributed by atoms with van der Waals surface area (Å²) in [7, 11) is 1.71. The van der Waals surface area contributed by atoms with Gasteiger partial charge in [-0.2, -0.15) is 0 Å². The van der Waals surface area contributed by atoms with Crippen molar-refractivity contribution in [1.82, 2.24) is 4.57 Å². The number of carboxylic acids is 1. The fourth-order valence-electron chi connectivity index (χ4n) is 8.87. The lowest BCUT2D eigenvalue weighted by molar-refractivity contribution is -0.132. The Morgan fingerprint density at radius 2 is 1.11 bits per heavy atom. The smallest absolute Gasteiger partial charge is 0.333 e. The number of thiophene rings is 3. The quantitative estimate of drug-likeness (QED) is 0.0395. The highest BCUT2D eigenvalue weighted by atomic mass is 32.1. The number of aliphatic carboxylic acids is 1. The normalized spacial score (nSPS) is 11.8. The van der Waals surface area contributed by atoms with Gasteiger partial charge in [0.2, 0.25) is 0 Å². The molecule has 328 valence electrons. The number of carbonyl (C=O) groups is 1. The van der Waals surface area contributed by atoms with E-state index in [0.717, 1.165) is 49.3 Å². The van der Waals surface area contributed by atoms with E-state index < -0.39 is 5.97 Å². The predicted octanol–water partition coefficient (Wildman–Crippen LogP) is 17.4. The number of rotatable bonds is 23. The monoisotopic (exact) mass is 894 g/mol. The number of aryl methyl sites for hydroxylation is 4. The van der Waals surface area contributed by atoms with Crippen LogP contribution in [0.1, 0.15) is 126 Å². The SMILES string of the molecule is [C-]#[N+]/C(=C\c1cc(CCCCCC)c(-c2cc(CCCCCC)c(-c3cc(CCCCCC)c(-c4ccc5c(c4)c4cc(-c6ccc(OC)cc6)ccc4n5CC)s3)s2)s1)C(=O)O. The van der Waals surface area contributed by atoms with Crippen molar-refractivity contribution in [3.05, 3.63) is 118 Å². The summed E-state index contributed by atoms with van der Waals surface area (Å²) < 4.78 is 7.90. The van der Waals surface area contributed by atoms with Gasteiger partial charge in [0.25, 0.3) is 5.70 Å². The molecule has 0 aliphatic carbocycles. The van der Waals surface area contributed by atoms with Gasteiger partial charge in [0, 0.05) is 57.6 Å². The minimum atomic E-state index is -1.18. The zero-order valence-corrected chi connectivity index (χ0v) is 40.2. The second-order valence-corrected chi connectivity index (χ2v) is 19.9. The predicted molar refractivity (Wildman–Crippen MR) is 273 cm³/mol. The zero-order chi connectivity index (χ0) is 44.3. The summed E-state index contributed by atoms with van der Waals surface area (Å²) in [5.41, 5.74) is 10.1. The Morgan fingerprint density at radius 3 is 1.63 bits per heavy atom. The summed E-state index contributed by atoms with van der Waals surface area (Å²) in [6.07, 6.45) is 19.0. The van der Waals surface area contributed by atoms with Crippen molar-refractivity contribution < 1.29 is 14.6 Å². The minimum Gasteiger partial charge on any atom is -0.497 e. The third-order valence-electron chi connectivity index (χ3n) is 12.3. The summed E-state index contributed by atoms with van der Waals surface area (Å²) >= 11 is 5.50. The van der Waals surface area contributed by atoms with Gasteiger partial charge in [0.1, 0.15) is 5.75 Å². The third kappa shape index (κ3) is 10.7. The van der Waals surface area contributed by atoms with Crippen LogP contribution in [-0.2, 0) is 30.6 Å². The van der Waals surface area contributed by atoms with Crippen LogP contribution in [0.15, 0.2) is 84.6 Å². The molecule has 0 radical (unpaired) electrons. The molecule has 7 rings (SSSR count). The molecule has 0 saturated heterocycles. The first-order valence-corrected chi connectivity index (χ1v) is 25.7. The summed E-state index contributed by atoms with van der Waals surface area (Å²) in [6, 6.07) is 29.5. The number of unbranched alkanes of at least 4 members (excludes halogenated alkanes) is 9. The average Bonchev–Trinajstić information content (AvgIpc) is 4.10. The van der Waals surface area contributed by atoms with Gasteiger partial charge in [-0.05, 0) is 140 Å². The Labute approximate surface area is 386 Å². The highest BCUT2D eigenvalue weighted by molar-refractivity contribution is 7.27. The number of hydrogen-bond donors (Lipinski definition) is 1. The van der Waals surface area contributed by atoms with Gasteiger partial charge in [0.05, 0.1) is 13.7 Å². The molecular weight excluding hydrogens is 833 g/mol. The molecule has 5 nitrogen and oxygen atoms in total. The fraction of sp³-hybridized carbons (Fsp3) is 0.382. The van der Waals surface area contributed by atoms with Crippen LogP contribution < -0.4 is 4.74 Å². The molecule has 0 unspecified atom stereocenters. The molecule has 3 aromatic carbocycles. The van der Waals surface area contributed by atoms with Crippen molar-refractivity contribution in [1.29, 1.82) is 0 Å².